The molecule has 0 aromatic carbocycles. The number of allylic oxidation sites excluding steroid dienone is 3. The molecule has 0 fully saturated rings. The minimum atomic E-state index is 0.767. The van der Waals surface area contributed by atoms with E-state index < -0.39 is 0 Å². The highest BCUT2D eigenvalue weighted by molar-refractivity contribution is 15.0. The molecule has 0 amide bonds. The third-order valence-electron chi connectivity index (χ3n) is 2.33. The van der Waals surface area contributed by atoms with Crippen LogP contribution in [0.5, 0.6) is 0 Å². The van der Waals surface area contributed by atoms with Crippen molar-refractivity contribution in [1.29, 1.82) is 0 Å². The summed E-state index contributed by atoms with van der Waals surface area (Å²) in [7, 11) is 0. The van der Waals surface area contributed by atoms with Crippen LogP contribution < -0.4 is 0 Å². The van der Waals surface area contributed by atoms with Crippen molar-refractivity contribution in [3.8, 4) is 0 Å². The van der Waals surface area contributed by atoms with Gasteiger partial charge in [-0.1, -0.05) is 23.8 Å². The summed E-state index contributed by atoms with van der Waals surface area (Å²) < 4.78 is 0. The zero-order valence-corrected chi connectivity index (χ0v) is 12.1. The van der Waals surface area contributed by atoms with Gasteiger partial charge < -0.3 is 0 Å². The first-order valence-corrected chi connectivity index (χ1v) is 10.4. The van der Waals surface area contributed by atoms with E-state index >= 15 is 0 Å². The first kappa shape index (κ1) is 12.9. The number of rotatable bonds is 1. The van der Waals surface area contributed by atoms with Crippen molar-refractivity contribution in [2.24, 2.45) is 5.92 Å². The Bertz CT molecular complexity index is 171. The van der Waals surface area contributed by atoms with Crippen molar-refractivity contribution in [2.45, 2.75) is 33.1 Å². The summed E-state index contributed by atoms with van der Waals surface area (Å²) >= 11 is 4.24. The van der Waals surface area contributed by atoms with Crippen LogP contribution in [0.25, 0.3) is 0 Å². The molecule has 12 heavy (non-hydrogen) atoms. The van der Waals surface area contributed by atoms with E-state index in [0.29, 0.717) is 0 Å². The van der Waals surface area contributed by atoms with E-state index in [2.05, 4.69) is 63.7 Å². The normalized spacial score (nSPS) is 22.0. The fraction of sp³-hybridized carbons (Fsp3) is 0.600. The van der Waals surface area contributed by atoms with Crippen molar-refractivity contribution in [3.05, 3.63) is 23.8 Å². The Balaban J connectivity index is 0.000000561. The van der Waals surface area contributed by atoms with Crippen LogP contribution in [0.1, 0.15) is 33.1 Å². The zero-order valence-electron chi connectivity index (χ0n) is 7.74. The van der Waals surface area contributed by atoms with Gasteiger partial charge in [0, 0.05) is 37.2 Å². The van der Waals surface area contributed by atoms with Crippen LogP contribution in [-0.4, -0.2) is 0 Å². The summed E-state index contributed by atoms with van der Waals surface area (Å²) in [5.41, 5.74) is 2.90. The summed E-state index contributed by atoms with van der Waals surface area (Å²) in [6.07, 6.45) is 6.17. The summed E-state index contributed by atoms with van der Waals surface area (Å²) in [4.78, 5) is 0. The first-order valence-electron chi connectivity index (χ1n) is 4.15. The van der Waals surface area contributed by atoms with Gasteiger partial charge in [-0.05, 0) is 39.0 Å². The lowest BCUT2D eigenvalue weighted by molar-refractivity contribution is 0.540. The standard InChI is InChI=1S/C10H16.I2/c1-8(2)10-6-4-9(3)5-7-10;1-2/h4,10H,1,5-7H2,2-3H3;. The largest absolute Gasteiger partial charge is 0.0998 e. The van der Waals surface area contributed by atoms with E-state index in [4.69, 9.17) is 0 Å². The molecule has 0 heterocycles. The molecule has 0 aromatic heterocycles. The van der Waals surface area contributed by atoms with E-state index in [0.717, 1.165) is 5.92 Å². The smallest absolute Gasteiger partial charge is 0 e. The highest BCUT2D eigenvalue weighted by Gasteiger charge is 2.11. The SMILES string of the molecule is C=C(C)C1CC=C(C)CC1.II. The number of halogens is 2. The molecule has 0 aromatic rings. The van der Waals surface area contributed by atoms with Crippen LogP contribution in [0.4, 0.5) is 0 Å². The summed E-state index contributed by atoms with van der Waals surface area (Å²) in [6.45, 7) is 8.33. The molecule has 0 saturated carbocycles. The highest BCUT2D eigenvalue weighted by atomic mass is 128. The van der Waals surface area contributed by atoms with Crippen molar-refractivity contribution in [2.75, 3.05) is 0 Å². The molecular weight excluding hydrogens is 374 g/mol. The van der Waals surface area contributed by atoms with Crippen LogP contribution in [0, 0.1) is 5.92 Å². The van der Waals surface area contributed by atoms with Crippen LogP contribution in [0.3, 0.4) is 0 Å². The van der Waals surface area contributed by atoms with Gasteiger partial charge in [-0.3, -0.25) is 0 Å². The maximum absolute atomic E-state index is 3.97. The molecule has 0 saturated heterocycles. The van der Waals surface area contributed by atoms with Gasteiger partial charge in [0.15, 0.2) is 0 Å². The maximum atomic E-state index is 3.97. The van der Waals surface area contributed by atoms with Gasteiger partial charge in [-0.2, -0.15) is 0 Å². The Hall–Kier alpha value is 0.940. The van der Waals surface area contributed by atoms with E-state index in [1.807, 2.05) is 0 Å². The third kappa shape index (κ3) is 4.84. The molecular formula is C10H16I2. The van der Waals surface area contributed by atoms with Crippen LogP contribution >= 0.6 is 37.2 Å². The second kappa shape index (κ2) is 7.35. The van der Waals surface area contributed by atoms with Gasteiger partial charge in [0.2, 0.25) is 0 Å². The molecule has 1 rings (SSSR count). The molecule has 0 nitrogen and oxygen atoms in total. The second-order valence-electron chi connectivity index (χ2n) is 3.37. The zero-order chi connectivity index (χ0) is 9.56. The lowest BCUT2D eigenvalue weighted by Gasteiger charge is -2.19. The Morgan fingerprint density at radius 1 is 1.58 bits per heavy atom. The van der Waals surface area contributed by atoms with Crippen LogP contribution in [0.15, 0.2) is 23.8 Å². The van der Waals surface area contributed by atoms with Gasteiger partial charge in [0.1, 0.15) is 0 Å². The van der Waals surface area contributed by atoms with E-state index in [-0.39, 0.29) is 0 Å². The van der Waals surface area contributed by atoms with Crippen LogP contribution in [-0.2, 0) is 0 Å². The lowest BCUT2D eigenvalue weighted by atomic mass is 9.86. The van der Waals surface area contributed by atoms with Gasteiger partial charge in [0.25, 0.3) is 0 Å². The van der Waals surface area contributed by atoms with Crippen molar-refractivity contribution in [3.63, 3.8) is 0 Å². The highest BCUT2D eigenvalue weighted by Crippen LogP contribution is 2.27. The molecule has 0 aliphatic heterocycles. The molecule has 0 bridgehead atoms. The van der Waals surface area contributed by atoms with Gasteiger partial charge >= 0.3 is 0 Å². The van der Waals surface area contributed by atoms with Gasteiger partial charge in [-0.15, -0.1) is 0 Å². The molecule has 1 aliphatic carbocycles. The predicted octanol–water partition coefficient (Wildman–Crippen LogP) is 5.08. The van der Waals surface area contributed by atoms with Crippen molar-refractivity contribution in [1.82, 2.24) is 0 Å². The van der Waals surface area contributed by atoms with Crippen LogP contribution in [0.2, 0.25) is 0 Å². The van der Waals surface area contributed by atoms with Gasteiger partial charge in [0.05, 0.1) is 0 Å². The Labute approximate surface area is 99.2 Å². The molecule has 70 valence electrons. The Morgan fingerprint density at radius 3 is 2.50 bits per heavy atom. The fourth-order valence-electron chi connectivity index (χ4n) is 1.41. The minimum absolute atomic E-state index is 0.767. The Kier molecular flexibility index (Phi) is 7.93. The van der Waals surface area contributed by atoms with Gasteiger partial charge in [-0.25, -0.2) is 0 Å². The summed E-state index contributed by atoms with van der Waals surface area (Å²) in [5.74, 6) is 0.767. The van der Waals surface area contributed by atoms with Crippen molar-refractivity contribution >= 4 is 37.2 Å². The molecule has 0 radical (unpaired) electrons. The van der Waals surface area contributed by atoms with E-state index in [9.17, 15) is 0 Å². The quantitative estimate of drug-likeness (QED) is 0.433. The number of hydrogen-bond donors (Lipinski definition) is 0. The minimum Gasteiger partial charge on any atom is -0.0998 e. The molecule has 1 atom stereocenters. The topological polar surface area (TPSA) is 0 Å². The van der Waals surface area contributed by atoms with Crippen molar-refractivity contribution < 1.29 is 0 Å². The summed E-state index contributed by atoms with van der Waals surface area (Å²) in [5, 5.41) is 0. The average Bonchev–Trinajstić information content (AvgIpc) is 2.09. The first-order chi connectivity index (χ1) is 5.70. The Morgan fingerprint density at radius 2 is 2.17 bits per heavy atom. The van der Waals surface area contributed by atoms with E-state index in [1.54, 1.807) is 5.57 Å². The third-order valence-corrected chi connectivity index (χ3v) is 2.33. The van der Waals surface area contributed by atoms with E-state index in [1.165, 1.54) is 24.8 Å². The molecule has 1 aliphatic rings. The second-order valence-corrected chi connectivity index (χ2v) is 3.37. The molecule has 1 unspecified atom stereocenters. The lowest BCUT2D eigenvalue weighted by Crippen LogP contribution is -2.04. The fourth-order valence-corrected chi connectivity index (χ4v) is 1.41. The maximum Gasteiger partial charge on any atom is 0 e. The molecule has 0 N–H and O–H groups in total. The molecule has 2 heteroatoms. The molecule has 0 spiro atoms. The summed E-state index contributed by atoms with van der Waals surface area (Å²) in [6, 6.07) is 0. The predicted molar refractivity (Wildman–Crippen MR) is 74.0 cm³/mol. The average molecular weight is 390 g/mol. The monoisotopic (exact) mass is 390 g/mol. The number of hydrogen-bond acceptors (Lipinski definition) is 0.